The molecule has 6 heteroatoms. The van der Waals surface area contributed by atoms with E-state index in [2.05, 4.69) is 21.1 Å². The van der Waals surface area contributed by atoms with Gasteiger partial charge in [0.05, 0.1) is 13.3 Å². The predicted octanol–water partition coefficient (Wildman–Crippen LogP) is 5.42. The topological polar surface area (TPSA) is 60.3 Å². The Bertz CT molecular complexity index is 945. The standard InChI is InChI=1S/C22H20BrNO4/c1-26-22-11-17(7-9-21(22)28-14-16-5-3-2-4-6-16)15-27-20-10-8-19(23)12-18(20)13-24-25/h2-13,25H,14-15H2,1H3. The summed E-state index contributed by atoms with van der Waals surface area (Å²) < 4.78 is 18.1. The molecule has 144 valence electrons. The third kappa shape index (κ3) is 5.27. The van der Waals surface area contributed by atoms with Gasteiger partial charge < -0.3 is 19.4 Å². The van der Waals surface area contributed by atoms with Crippen LogP contribution in [0.3, 0.4) is 0 Å². The summed E-state index contributed by atoms with van der Waals surface area (Å²) in [6.07, 6.45) is 1.33. The second-order valence-electron chi connectivity index (χ2n) is 5.97. The number of hydrogen-bond acceptors (Lipinski definition) is 5. The lowest BCUT2D eigenvalue weighted by molar-refractivity contribution is 0.281. The van der Waals surface area contributed by atoms with Crippen molar-refractivity contribution in [2.24, 2.45) is 5.16 Å². The van der Waals surface area contributed by atoms with E-state index in [1.165, 1.54) is 6.21 Å². The van der Waals surface area contributed by atoms with Gasteiger partial charge in [-0.25, -0.2) is 0 Å². The van der Waals surface area contributed by atoms with Gasteiger partial charge in [0.15, 0.2) is 11.5 Å². The smallest absolute Gasteiger partial charge is 0.161 e. The number of benzene rings is 3. The molecule has 0 spiro atoms. The molecular weight excluding hydrogens is 422 g/mol. The molecule has 0 heterocycles. The van der Waals surface area contributed by atoms with Crippen LogP contribution in [0.1, 0.15) is 16.7 Å². The summed E-state index contributed by atoms with van der Waals surface area (Å²) in [4.78, 5) is 0. The Labute approximate surface area is 172 Å². The Morgan fingerprint density at radius 3 is 2.32 bits per heavy atom. The number of methoxy groups -OCH3 is 1. The minimum absolute atomic E-state index is 0.337. The second kappa shape index (κ2) is 9.80. The van der Waals surface area contributed by atoms with Crippen LogP contribution < -0.4 is 14.2 Å². The van der Waals surface area contributed by atoms with Gasteiger partial charge in [-0.05, 0) is 41.5 Å². The van der Waals surface area contributed by atoms with Crippen molar-refractivity contribution in [3.63, 3.8) is 0 Å². The van der Waals surface area contributed by atoms with Crippen LogP contribution >= 0.6 is 15.9 Å². The second-order valence-corrected chi connectivity index (χ2v) is 6.89. The van der Waals surface area contributed by atoms with Gasteiger partial charge >= 0.3 is 0 Å². The molecule has 0 radical (unpaired) electrons. The Balaban J connectivity index is 1.68. The maximum Gasteiger partial charge on any atom is 0.161 e. The highest BCUT2D eigenvalue weighted by atomic mass is 79.9. The summed E-state index contributed by atoms with van der Waals surface area (Å²) in [6, 6.07) is 21.2. The highest BCUT2D eigenvalue weighted by molar-refractivity contribution is 9.10. The average Bonchev–Trinajstić information content (AvgIpc) is 2.73. The molecule has 28 heavy (non-hydrogen) atoms. The zero-order valence-electron chi connectivity index (χ0n) is 15.3. The zero-order chi connectivity index (χ0) is 19.8. The maximum absolute atomic E-state index is 8.82. The van der Waals surface area contributed by atoms with Crippen molar-refractivity contribution in [1.82, 2.24) is 0 Å². The molecule has 0 saturated heterocycles. The molecule has 0 amide bonds. The first-order valence-electron chi connectivity index (χ1n) is 8.63. The van der Waals surface area contributed by atoms with Crippen molar-refractivity contribution in [3.8, 4) is 17.2 Å². The average molecular weight is 442 g/mol. The highest BCUT2D eigenvalue weighted by Gasteiger charge is 2.08. The number of rotatable bonds is 8. The van der Waals surface area contributed by atoms with E-state index >= 15 is 0 Å². The first-order valence-corrected chi connectivity index (χ1v) is 9.42. The Morgan fingerprint density at radius 1 is 0.857 bits per heavy atom. The van der Waals surface area contributed by atoms with E-state index in [1.807, 2.05) is 66.7 Å². The Kier molecular flexibility index (Phi) is 6.92. The highest BCUT2D eigenvalue weighted by Crippen LogP contribution is 2.30. The molecule has 0 fully saturated rings. The van der Waals surface area contributed by atoms with Crippen molar-refractivity contribution in [2.45, 2.75) is 13.2 Å². The van der Waals surface area contributed by atoms with Gasteiger partial charge in [-0.1, -0.05) is 57.5 Å². The minimum Gasteiger partial charge on any atom is -0.493 e. The number of nitrogens with zero attached hydrogens (tertiary/aromatic N) is 1. The maximum atomic E-state index is 8.82. The van der Waals surface area contributed by atoms with Crippen LogP contribution in [-0.2, 0) is 13.2 Å². The van der Waals surface area contributed by atoms with Crippen molar-refractivity contribution >= 4 is 22.1 Å². The molecule has 0 unspecified atom stereocenters. The van der Waals surface area contributed by atoms with Crippen LogP contribution in [0.4, 0.5) is 0 Å². The van der Waals surface area contributed by atoms with E-state index < -0.39 is 0 Å². The van der Waals surface area contributed by atoms with Gasteiger partial charge in [-0.15, -0.1) is 0 Å². The first kappa shape index (κ1) is 19.8. The van der Waals surface area contributed by atoms with Gasteiger partial charge in [-0.3, -0.25) is 0 Å². The van der Waals surface area contributed by atoms with Gasteiger partial charge in [0.2, 0.25) is 0 Å². The van der Waals surface area contributed by atoms with Crippen molar-refractivity contribution in [3.05, 3.63) is 87.9 Å². The molecule has 0 aliphatic rings. The fourth-order valence-corrected chi connectivity index (χ4v) is 3.01. The van der Waals surface area contributed by atoms with E-state index in [0.717, 1.165) is 15.6 Å². The normalized spacial score (nSPS) is 10.8. The lowest BCUT2D eigenvalue weighted by atomic mass is 10.2. The van der Waals surface area contributed by atoms with E-state index in [9.17, 15) is 0 Å². The Morgan fingerprint density at radius 2 is 1.57 bits per heavy atom. The summed E-state index contributed by atoms with van der Waals surface area (Å²) in [6.45, 7) is 0.805. The summed E-state index contributed by atoms with van der Waals surface area (Å²) in [7, 11) is 1.61. The molecule has 0 aliphatic heterocycles. The van der Waals surface area contributed by atoms with Crippen molar-refractivity contribution in [2.75, 3.05) is 7.11 Å². The molecule has 3 aromatic rings. The van der Waals surface area contributed by atoms with Gasteiger partial charge in [0, 0.05) is 10.0 Å². The van der Waals surface area contributed by atoms with Crippen molar-refractivity contribution in [1.29, 1.82) is 0 Å². The number of ether oxygens (including phenoxy) is 3. The zero-order valence-corrected chi connectivity index (χ0v) is 16.9. The molecule has 0 atom stereocenters. The van der Waals surface area contributed by atoms with Crippen LogP contribution in [0.2, 0.25) is 0 Å². The molecule has 5 nitrogen and oxygen atoms in total. The molecule has 0 aromatic heterocycles. The van der Waals surface area contributed by atoms with Gasteiger partial charge in [0.25, 0.3) is 0 Å². The monoisotopic (exact) mass is 441 g/mol. The SMILES string of the molecule is COc1cc(COc2ccc(Br)cc2C=NO)ccc1OCc1ccccc1. The fraction of sp³-hybridized carbons (Fsp3) is 0.136. The van der Waals surface area contributed by atoms with Crippen LogP contribution in [0.5, 0.6) is 17.2 Å². The fourth-order valence-electron chi connectivity index (χ4n) is 2.63. The van der Waals surface area contributed by atoms with Crippen LogP contribution in [0.15, 0.2) is 76.4 Å². The summed E-state index contributed by atoms with van der Waals surface area (Å²) in [5.41, 5.74) is 2.69. The molecule has 3 aromatic carbocycles. The quantitative estimate of drug-likeness (QED) is 0.287. The molecular formula is C22H20BrNO4. The largest absolute Gasteiger partial charge is 0.493 e. The molecule has 3 rings (SSSR count). The number of halogens is 1. The molecule has 1 N–H and O–H groups in total. The van der Waals surface area contributed by atoms with Crippen LogP contribution in [0.25, 0.3) is 0 Å². The summed E-state index contributed by atoms with van der Waals surface area (Å²) in [5, 5.41) is 11.9. The third-order valence-electron chi connectivity index (χ3n) is 4.03. The van der Waals surface area contributed by atoms with Crippen LogP contribution in [-0.4, -0.2) is 18.5 Å². The van der Waals surface area contributed by atoms with Crippen molar-refractivity contribution < 1.29 is 19.4 Å². The molecule has 0 aliphatic carbocycles. The van der Waals surface area contributed by atoms with E-state index in [1.54, 1.807) is 7.11 Å². The number of oxime groups is 1. The van der Waals surface area contributed by atoms with E-state index in [-0.39, 0.29) is 0 Å². The lowest BCUT2D eigenvalue weighted by Gasteiger charge is -2.13. The van der Waals surface area contributed by atoms with Gasteiger partial charge in [-0.2, -0.15) is 0 Å². The van der Waals surface area contributed by atoms with E-state index in [4.69, 9.17) is 19.4 Å². The minimum atomic E-state index is 0.337. The lowest BCUT2D eigenvalue weighted by Crippen LogP contribution is -2.01. The van der Waals surface area contributed by atoms with E-state index in [0.29, 0.717) is 36.0 Å². The molecule has 0 bridgehead atoms. The summed E-state index contributed by atoms with van der Waals surface area (Å²) in [5.74, 6) is 1.93. The molecule has 0 saturated carbocycles. The Hall–Kier alpha value is -2.99. The predicted molar refractivity (Wildman–Crippen MR) is 112 cm³/mol. The summed E-state index contributed by atoms with van der Waals surface area (Å²) >= 11 is 3.39. The number of hydrogen-bond donors (Lipinski definition) is 1. The first-order chi connectivity index (χ1) is 13.7. The van der Waals surface area contributed by atoms with Gasteiger partial charge in [0.1, 0.15) is 19.0 Å². The third-order valence-corrected chi connectivity index (χ3v) is 4.52. The van der Waals surface area contributed by atoms with Crippen LogP contribution in [0, 0.1) is 0 Å².